The highest BCUT2D eigenvalue weighted by Gasteiger charge is 2.29. The molecule has 1 atom stereocenters. The van der Waals surface area contributed by atoms with Crippen LogP contribution in [0.25, 0.3) is 5.52 Å². The number of carboxylic acid groups (broad SMARTS) is 1. The van der Waals surface area contributed by atoms with Crippen molar-refractivity contribution in [2.75, 3.05) is 0 Å². The van der Waals surface area contributed by atoms with E-state index in [1.54, 1.807) is 18.3 Å². The average Bonchev–Trinajstić information content (AvgIpc) is 2.83. The third-order valence-electron chi connectivity index (χ3n) is 3.37. The number of imide groups is 1. The van der Waals surface area contributed by atoms with Crippen LogP contribution in [0.2, 0.25) is 0 Å². The number of hydrogen-bond donors (Lipinski definition) is 2. The molecule has 0 bridgehead atoms. The number of carbonyl (C=O) groups is 3. The van der Waals surface area contributed by atoms with Crippen molar-refractivity contribution in [3.63, 3.8) is 0 Å². The van der Waals surface area contributed by atoms with Gasteiger partial charge in [0.05, 0.1) is 11.4 Å². The summed E-state index contributed by atoms with van der Waals surface area (Å²) in [7, 11) is 0. The molecule has 3 heterocycles. The quantitative estimate of drug-likeness (QED) is 0.778. The van der Waals surface area contributed by atoms with E-state index in [0.29, 0.717) is 17.5 Å². The Bertz CT molecular complexity index is 734. The Labute approximate surface area is 113 Å². The van der Waals surface area contributed by atoms with Crippen LogP contribution < -0.4 is 5.32 Å². The summed E-state index contributed by atoms with van der Waals surface area (Å²) in [5.74, 6) is -2.22. The zero-order chi connectivity index (χ0) is 14.3. The third-order valence-corrected chi connectivity index (χ3v) is 3.37. The summed E-state index contributed by atoms with van der Waals surface area (Å²) < 4.78 is 1.43. The van der Waals surface area contributed by atoms with Crippen molar-refractivity contribution in [2.24, 2.45) is 0 Å². The topological polar surface area (TPSA) is 101 Å². The van der Waals surface area contributed by atoms with Crippen LogP contribution in [-0.4, -0.2) is 32.5 Å². The highest BCUT2D eigenvalue weighted by atomic mass is 16.4. The van der Waals surface area contributed by atoms with E-state index in [1.165, 1.54) is 10.6 Å². The molecule has 0 aromatic carbocycles. The zero-order valence-corrected chi connectivity index (χ0v) is 10.4. The Morgan fingerprint density at radius 2 is 2.25 bits per heavy atom. The molecule has 2 aromatic rings. The third kappa shape index (κ3) is 1.93. The van der Waals surface area contributed by atoms with Gasteiger partial charge in [0.25, 0.3) is 0 Å². The molecule has 0 spiro atoms. The predicted molar refractivity (Wildman–Crippen MR) is 67.3 cm³/mol. The Kier molecular flexibility index (Phi) is 2.74. The van der Waals surface area contributed by atoms with Crippen LogP contribution in [-0.2, 0) is 9.59 Å². The molecular formula is C13H11N3O4. The van der Waals surface area contributed by atoms with Gasteiger partial charge in [-0.25, -0.2) is 9.31 Å². The number of aromatic nitrogens is 2. The van der Waals surface area contributed by atoms with Crippen LogP contribution in [0.5, 0.6) is 0 Å². The van der Waals surface area contributed by atoms with Crippen LogP contribution in [0.4, 0.5) is 0 Å². The average molecular weight is 273 g/mol. The first kappa shape index (κ1) is 12.3. The molecule has 7 nitrogen and oxygen atoms in total. The largest absolute Gasteiger partial charge is 0.476 e. The first-order valence-electron chi connectivity index (χ1n) is 6.11. The second-order valence-electron chi connectivity index (χ2n) is 4.63. The summed E-state index contributed by atoms with van der Waals surface area (Å²) in [4.78, 5) is 34.1. The summed E-state index contributed by atoms with van der Waals surface area (Å²) in [5.41, 5.74) is 1.17. The number of aromatic carboxylic acids is 1. The van der Waals surface area contributed by atoms with Crippen LogP contribution in [0.1, 0.15) is 34.8 Å². The van der Waals surface area contributed by atoms with Crippen molar-refractivity contribution in [3.05, 3.63) is 35.7 Å². The van der Waals surface area contributed by atoms with Crippen molar-refractivity contribution < 1.29 is 19.5 Å². The zero-order valence-electron chi connectivity index (χ0n) is 10.4. The summed E-state index contributed by atoms with van der Waals surface area (Å²) in [6.07, 6.45) is 2.31. The molecule has 0 aliphatic carbocycles. The van der Waals surface area contributed by atoms with Crippen molar-refractivity contribution in [1.29, 1.82) is 0 Å². The van der Waals surface area contributed by atoms with Gasteiger partial charge in [-0.3, -0.25) is 14.9 Å². The van der Waals surface area contributed by atoms with E-state index in [-0.39, 0.29) is 23.9 Å². The number of rotatable bonds is 2. The fourth-order valence-corrected chi connectivity index (χ4v) is 2.43. The van der Waals surface area contributed by atoms with Crippen molar-refractivity contribution in [1.82, 2.24) is 14.9 Å². The maximum absolute atomic E-state index is 11.9. The number of hydrogen-bond acceptors (Lipinski definition) is 4. The molecule has 7 heteroatoms. The summed E-state index contributed by atoms with van der Waals surface area (Å²) in [5, 5.41) is 15.2. The Morgan fingerprint density at radius 1 is 1.45 bits per heavy atom. The number of carbonyl (C=O) groups excluding carboxylic acids is 2. The van der Waals surface area contributed by atoms with Gasteiger partial charge in [0.15, 0.2) is 5.69 Å². The Hall–Kier alpha value is -2.70. The Morgan fingerprint density at radius 3 is 2.95 bits per heavy atom. The van der Waals surface area contributed by atoms with Crippen LogP contribution in [0.3, 0.4) is 0 Å². The maximum atomic E-state index is 11.9. The van der Waals surface area contributed by atoms with Crippen LogP contribution in [0.15, 0.2) is 24.4 Å². The first-order chi connectivity index (χ1) is 9.56. The van der Waals surface area contributed by atoms with E-state index in [4.69, 9.17) is 5.11 Å². The van der Waals surface area contributed by atoms with Gasteiger partial charge < -0.3 is 5.11 Å². The number of nitrogens with one attached hydrogen (secondary N) is 1. The predicted octanol–water partition coefficient (Wildman–Crippen LogP) is 0.553. The number of amides is 2. The molecule has 20 heavy (non-hydrogen) atoms. The van der Waals surface area contributed by atoms with Gasteiger partial charge in [0, 0.05) is 12.6 Å². The van der Waals surface area contributed by atoms with Gasteiger partial charge in [-0.05, 0) is 24.1 Å². The molecule has 1 saturated heterocycles. The summed E-state index contributed by atoms with van der Waals surface area (Å²) >= 11 is 0. The minimum atomic E-state index is -1.12. The molecule has 0 saturated carbocycles. The standard InChI is InChI=1S/C13H11N3O4/c17-11-4-3-8(12(18)14-11)7-2-1-5-16-10(7)6-9(15-16)13(19)20/h1-2,5-6,8H,3-4H2,(H,19,20)(H,14,17,18). The maximum Gasteiger partial charge on any atom is 0.356 e. The van der Waals surface area contributed by atoms with E-state index in [0.717, 1.165) is 0 Å². The van der Waals surface area contributed by atoms with Gasteiger partial charge in [-0.2, -0.15) is 5.10 Å². The molecule has 2 N–H and O–H groups in total. The number of piperidine rings is 1. The van der Waals surface area contributed by atoms with Gasteiger partial charge in [0.1, 0.15) is 0 Å². The fraction of sp³-hybridized carbons (Fsp3) is 0.231. The highest BCUT2D eigenvalue weighted by Crippen LogP contribution is 2.28. The Balaban J connectivity index is 2.09. The molecule has 2 amide bonds. The number of fused-ring (bicyclic) bond motifs is 1. The second kappa shape index (κ2) is 4.44. The molecule has 1 aliphatic rings. The normalized spacial score (nSPS) is 19.1. The van der Waals surface area contributed by atoms with E-state index in [9.17, 15) is 14.4 Å². The number of pyridine rings is 1. The van der Waals surface area contributed by atoms with Gasteiger partial charge >= 0.3 is 5.97 Å². The number of carboxylic acids is 1. The van der Waals surface area contributed by atoms with Crippen molar-refractivity contribution >= 4 is 23.3 Å². The molecule has 102 valence electrons. The SMILES string of the molecule is O=C1CCC(c2cccn3nc(C(=O)O)cc23)C(=O)N1. The monoisotopic (exact) mass is 273 g/mol. The molecule has 1 unspecified atom stereocenters. The fourth-order valence-electron chi connectivity index (χ4n) is 2.43. The van der Waals surface area contributed by atoms with Gasteiger partial charge in [0.2, 0.25) is 11.8 Å². The van der Waals surface area contributed by atoms with Crippen molar-refractivity contribution in [2.45, 2.75) is 18.8 Å². The summed E-state index contributed by atoms with van der Waals surface area (Å²) in [6, 6.07) is 4.88. The summed E-state index contributed by atoms with van der Waals surface area (Å²) in [6.45, 7) is 0. The lowest BCUT2D eigenvalue weighted by atomic mass is 9.90. The molecular weight excluding hydrogens is 262 g/mol. The molecule has 0 radical (unpaired) electrons. The van der Waals surface area contributed by atoms with Crippen LogP contribution >= 0.6 is 0 Å². The second-order valence-corrected chi connectivity index (χ2v) is 4.63. The molecule has 1 fully saturated rings. The molecule has 1 aliphatic heterocycles. The molecule has 3 rings (SSSR count). The minimum Gasteiger partial charge on any atom is -0.476 e. The van der Waals surface area contributed by atoms with E-state index >= 15 is 0 Å². The smallest absolute Gasteiger partial charge is 0.356 e. The van der Waals surface area contributed by atoms with Gasteiger partial charge in [-0.15, -0.1) is 0 Å². The highest BCUT2D eigenvalue weighted by molar-refractivity contribution is 6.01. The van der Waals surface area contributed by atoms with E-state index < -0.39 is 11.9 Å². The van der Waals surface area contributed by atoms with Crippen LogP contribution in [0, 0.1) is 0 Å². The molecule has 2 aromatic heterocycles. The first-order valence-corrected chi connectivity index (χ1v) is 6.11. The lowest BCUT2D eigenvalue weighted by Crippen LogP contribution is -2.39. The lowest BCUT2D eigenvalue weighted by molar-refractivity contribution is -0.134. The van der Waals surface area contributed by atoms with Gasteiger partial charge in [-0.1, -0.05) is 6.07 Å². The lowest BCUT2D eigenvalue weighted by Gasteiger charge is -2.21. The van der Waals surface area contributed by atoms with Crippen molar-refractivity contribution in [3.8, 4) is 0 Å². The number of nitrogens with zero attached hydrogens (tertiary/aromatic N) is 2. The minimum absolute atomic E-state index is 0.0789. The van der Waals surface area contributed by atoms with E-state index in [1.807, 2.05) is 0 Å². The van der Waals surface area contributed by atoms with E-state index in [2.05, 4.69) is 10.4 Å².